The Morgan fingerprint density at radius 2 is 1.06 bits per heavy atom. The summed E-state index contributed by atoms with van der Waals surface area (Å²) >= 11 is 0. The van der Waals surface area contributed by atoms with Crippen molar-refractivity contribution in [1.29, 1.82) is 0 Å². The molecule has 0 saturated heterocycles. The monoisotopic (exact) mass is 654 g/mol. The Morgan fingerprint density at radius 3 is 1.84 bits per heavy atom. The van der Waals surface area contributed by atoms with Gasteiger partial charge in [0.15, 0.2) is 0 Å². The van der Waals surface area contributed by atoms with Crippen molar-refractivity contribution < 1.29 is 0 Å². The lowest BCUT2D eigenvalue weighted by atomic mass is 9.79. The van der Waals surface area contributed by atoms with E-state index >= 15 is 0 Å². The number of pyridine rings is 1. The summed E-state index contributed by atoms with van der Waals surface area (Å²) in [6.45, 7) is 9.54. The highest BCUT2D eigenvalue weighted by atomic mass is 15.1. The van der Waals surface area contributed by atoms with E-state index in [2.05, 4.69) is 177 Å². The highest BCUT2D eigenvalue weighted by Crippen LogP contribution is 2.53. The fourth-order valence-electron chi connectivity index (χ4n) is 8.97. The summed E-state index contributed by atoms with van der Waals surface area (Å²) in [5.41, 5.74) is 16.3. The molecular weight excluding hydrogens is 617 g/mol. The number of anilines is 3. The SMILES string of the molecule is CC1(C)c2cc(-c3cc4c5c(ccc6cccc(c65)C4(C)C)c3)ccc2-c2ccc(N(c3ccccc3)c3ccc(-c4cccnc4)cc3)cc21. The van der Waals surface area contributed by atoms with Gasteiger partial charge in [0.25, 0.3) is 0 Å². The third-order valence-electron chi connectivity index (χ3n) is 11.7. The number of hydrogen-bond donors (Lipinski definition) is 0. The first-order valence-electron chi connectivity index (χ1n) is 17.9. The number of nitrogens with zero attached hydrogens (tertiary/aromatic N) is 2. The van der Waals surface area contributed by atoms with E-state index in [-0.39, 0.29) is 10.8 Å². The summed E-state index contributed by atoms with van der Waals surface area (Å²) in [6.07, 6.45) is 3.74. The molecule has 51 heavy (non-hydrogen) atoms. The normalized spacial score (nSPS) is 14.6. The minimum atomic E-state index is -0.168. The van der Waals surface area contributed by atoms with Crippen LogP contribution in [0.3, 0.4) is 0 Å². The van der Waals surface area contributed by atoms with Crippen molar-refractivity contribution in [3.8, 4) is 33.4 Å². The van der Waals surface area contributed by atoms with Crippen LogP contribution in [0.4, 0.5) is 17.1 Å². The second kappa shape index (κ2) is 10.8. The lowest BCUT2D eigenvalue weighted by Gasteiger charge is -2.28. The molecular formula is C49H38N2. The molecule has 2 aliphatic rings. The molecule has 0 atom stereocenters. The molecule has 0 radical (unpaired) electrons. The number of aromatic nitrogens is 1. The Bertz CT molecular complexity index is 2670. The number of benzene rings is 7. The minimum absolute atomic E-state index is 0.0379. The van der Waals surface area contributed by atoms with Crippen molar-refractivity contribution in [2.45, 2.75) is 38.5 Å². The van der Waals surface area contributed by atoms with E-state index in [1.807, 2.05) is 18.5 Å². The van der Waals surface area contributed by atoms with Crippen molar-refractivity contribution in [2.75, 3.05) is 4.90 Å². The first-order valence-corrected chi connectivity index (χ1v) is 17.9. The molecule has 0 amide bonds. The van der Waals surface area contributed by atoms with E-state index in [0.717, 1.165) is 28.2 Å². The molecule has 0 saturated carbocycles. The van der Waals surface area contributed by atoms with Gasteiger partial charge in [0.05, 0.1) is 0 Å². The van der Waals surface area contributed by atoms with Gasteiger partial charge in [-0.15, -0.1) is 0 Å². The highest BCUT2D eigenvalue weighted by Gasteiger charge is 2.37. The molecule has 2 nitrogen and oxygen atoms in total. The Balaban J connectivity index is 1.06. The molecule has 0 N–H and O–H groups in total. The third kappa shape index (κ3) is 4.39. The Morgan fingerprint density at radius 1 is 0.412 bits per heavy atom. The summed E-state index contributed by atoms with van der Waals surface area (Å²) in [6, 6.07) is 54.0. The van der Waals surface area contributed by atoms with Gasteiger partial charge in [-0.2, -0.15) is 0 Å². The smallest absolute Gasteiger partial charge is 0.0465 e. The van der Waals surface area contributed by atoms with Gasteiger partial charge >= 0.3 is 0 Å². The summed E-state index contributed by atoms with van der Waals surface area (Å²) in [4.78, 5) is 6.69. The van der Waals surface area contributed by atoms with Crippen LogP contribution in [-0.2, 0) is 10.8 Å². The maximum Gasteiger partial charge on any atom is 0.0465 e. The maximum atomic E-state index is 4.32. The summed E-state index contributed by atoms with van der Waals surface area (Å²) < 4.78 is 0. The molecule has 8 aromatic rings. The highest BCUT2D eigenvalue weighted by molar-refractivity contribution is 6.15. The number of rotatable bonds is 5. The van der Waals surface area contributed by atoms with E-state index in [0.29, 0.717) is 0 Å². The van der Waals surface area contributed by atoms with E-state index in [1.54, 1.807) is 0 Å². The van der Waals surface area contributed by atoms with Crippen molar-refractivity contribution in [3.05, 3.63) is 180 Å². The van der Waals surface area contributed by atoms with E-state index in [1.165, 1.54) is 66.1 Å². The summed E-state index contributed by atoms with van der Waals surface area (Å²) in [7, 11) is 0. The average Bonchev–Trinajstić information content (AvgIpc) is 3.54. The average molecular weight is 655 g/mol. The molecule has 0 bridgehead atoms. The van der Waals surface area contributed by atoms with Crippen molar-refractivity contribution in [2.24, 2.45) is 0 Å². The zero-order valence-corrected chi connectivity index (χ0v) is 29.4. The van der Waals surface area contributed by atoms with Crippen LogP contribution in [0, 0.1) is 0 Å². The molecule has 0 unspecified atom stereocenters. The molecule has 2 heteroatoms. The van der Waals surface area contributed by atoms with Crippen LogP contribution in [0.1, 0.15) is 49.9 Å². The molecule has 10 rings (SSSR count). The van der Waals surface area contributed by atoms with E-state index in [9.17, 15) is 0 Å². The van der Waals surface area contributed by atoms with Gasteiger partial charge in [0.1, 0.15) is 0 Å². The molecule has 1 heterocycles. The van der Waals surface area contributed by atoms with Crippen molar-refractivity contribution in [1.82, 2.24) is 4.98 Å². The Hall–Kier alpha value is -5.99. The number of para-hydroxylation sites is 1. The van der Waals surface area contributed by atoms with Crippen molar-refractivity contribution in [3.63, 3.8) is 0 Å². The van der Waals surface area contributed by atoms with Crippen LogP contribution in [0.5, 0.6) is 0 Å². The maximum absolute atomic E-state index is 4.32. The van der Waals surface area contributed by atoms with Gasteiger partial charge in [-0.3, -0.25) is 4.98 Å². The van der Waals surface area contributed by atoms with Gasteiger partial charge in [0.2, 0.25) is 0 Å². The molecule has 244 valence electrons. The third-order valence-corrected chi connectivity index (χ3v) is 11.7. The quantitative estimate of drug-likeness (QED) is 0.172. The summed E-state index contributed by atoms with van der Waals surface area (Å²) in [5, 5.41) is 5.52. The number of hydrogen-bond acceptors (Lipinski definition) is 2. The second-order valence-corrected chi connectivity index (χ2v) is 15.3. The molecule has 0 spiro atoms. The zero-order valence-electron chi connectivity index (χ0n) is 29.4. The van der Waals surface area contributed by atoms with Gasteiger partial charge < -0.3 is 4.90 Å². The first kappa shape index (κ1) is 29.9. The molecule has 1 aromatic heterocycles. The van der Waals surface area contributed by atoms with Crippen LogP contribution in [0.2, 0.25) is 0 Å². The molecule has 0 aliphatic heterocycles. The van der Waals surface area contributed by atoms with Crippen LogP contribution >= 0.6 is 0 Å². The first-order chi connectivity index (χ1) is 24.8. The van der Waals surface area contributed by atoms with Gasteiger partial charge in [-0.1, -0.05) is 113 Å². The standard InChI is InChI=1S/C49H38N2/c1-48(2)42-14-8-10-32-15-16-34-26-36(28-45(48)47(34)46(32)42)33-19-23-40-41-24-22-39(29-44(41)49(3,4)43(40)27-33)51(37-12-6-5-7-13-37)38-20-17-31(18-21-38)35-11-9-25-50-30-35/h5-30H,1-4H3. The number of fused-ring (bicyclic) bond motifs is 3. The predicted molar refractivity (Wildman–Crippen MR) is 214 cm³/mol. The molecule has 7 aromatic carbocycles. The summed E-state index contributed by atoms with van der Waals surface area (Å²) in [5.74, 6) is 0. The fourth-order valence-corrected chi connectivity index (χ4v) is 8.97. The van der Waals surface area contributed by atoms with Crippen LogP contribution < -0.4 is 4.90 Å². The van der Waals surface area contributed by atoms with Crippen molar-refractivity contribution >= 4 is 38.6 Å². The van der Waals surface area contributed by atoms with Gasteiger partial charge in [0, 0.05) is 40.3 Å². The largest absolute Gasteiger partial charge is 0.310 e. The zero-order chi connectivity index (χ0) is 34.5. The minimum Gasteiger partial charge on any atom is -0.310 e. The lowest BCUT2D eigenvalue weighted by molar-refractivity contribution is 0.660. The van der Waals surface area contributed by atoms with Gasteiger partial charge in [-0.05, 0) is 138 Å². The lowest BCUT2D eigenvalue weighted by Crippen LogP contribution is -2.17. The van der Waals surface area contributed by atoms with Crippen LogP contribution in [0.15, 0.2) is 158 Å². The topological polar surface area (TPSA) is 16.1 Å². The van der Waals surface area contributed by atoms with E-state index < -0.39 is 0 Å². The Labute approximate surface area is 299 Å². The van der Waals surface area contributed by atoms with Crippen LogP contribution in [-0.4, -0.2) is 4.98 Å². The Kier molecular flexibility index (Phi) is 6.30. The van der Waals surface area contributed by atoms with Gasteiger partial charge in [-0.25, -0.2) is 0 Å². The van der Waals surface area contributed by atoms with E-state index in [4.69, 9.17) is 0 Å². The molecule has 0 fully saturated rings. The second-order valence-electron chi connectivity index (χ2n) is 15.3. The predicted octanol–water partition coefficient (Wildman–Crippen LogP) is 13.1. The fraction of sp³-hybridized carbons (Fsp3) is 0.122. The molecule has 2 aliphatic carbocycles. The van der Waals surface area contributed by atoms with Crippen LogP contribution in [0.25, 0.3) is 54.9 Å².